The van der Waals surface area contributed by atoms with Gasteiger partial charge in [0.05, 0.1) is 14.2 Å². The summed E-state index contributed by atoms with van der Waals surface area (Å²) < 4.78 is 10.4. The molecule has 0 saturated heterocycles. The van der Waals surface area contributed by atoms with Crippen molar-refractivity contribution < 1.29 is 14.3 Å². The van der Waals surface area contributed by atoms with Crippen LogP contribution in [0.3, 0.4) is 0 Å². The van der Waals surface area contributed by atoms with Crippen molar-refractivity contribution >= 4 is 28.7 Å². The Bertz CT molecular complexity index is 945. The van der Waals surface area contributed by atoms with Crippen molar-refractivity contribution in [3.05, 3.63) is 72.3 Å². The van der Waals surface area contributed by atoms with Gasteiger partial charge in [0.1, 0.15) is 11.5 Å². The normalized spacial score (nSPS) is 10.2. The summed E-state index contributed by atoms with van der Waals surface area (Å²) in [6.07, 6.45) is 0. The van der Waals surface area contributed by atoms with Gasteiger partial charge in [0, 0.05) is 48.5 Å². The fourth-order valence-corrected chi connectivity index (χ4v) is 2.79. The first-order valence-electron chi connectivity index (χ1n) is 9.17. The third kappa shape index (κ3) is 5.19. The Morgan fingerprint density at radius 1 is 0.759 bits per heavy atom. The highest BCUT2D eigenvalue weighted by atomic mass is 16.5. The number of hydrogen-bond acceptors (Lipinski definition) is 5. The van der Waals surface area contributed by atoms with E-state index in [0.717, 1.165) is 17.1 Å². The number of carbonyl (C=O) groups excluding carboxylic acids is 1. The predicted molar refractivity (Wildman–Crippen MR) is 118 cm³/mol. The monoisotopic (exact) mass is 391 g/mol. The third-order valence-corrected chi connectivity index (χ3v) is 4.43. The smallest absolute Gasteiger partial charge is 0.255 e. The third-order valence-electron chi connectivity index (χ3n) is 4.43. The zero-order valence-electron chi connectivity index (χ0n) is 17.0. The molecule has 0 unspecified atom stereocenters. The largest absolute Gasteiger partial charge is 0.497 e. The van der Waals surface area contributed by atoms with Crippen molar-refractivity contribution in [2.45, 2.75) is 0 Å². The molecule has 0 aliphatic rings. The molecule has 2 N–H and O–H groups in total. The maximum Gasteiger partial charge on any atom is 0.255 e. The molecule has 0 fully saturated rings. The fourth-order valence-electron chi connectivity index (χ4n) is 2.79. The van der Waals surface area contributed by atoms with Crippen LogP contribution in [0.1, 0.15) is 10.4 Å². The van der Waals surface area contributed by atoms with Gasteiger partial charge < -0.3 is 25.0 Å². The van der Waals surface area contributed by atoms with Crippen molar-refractivity contribution in [1.82, 2.24) is 0 Å². The first-order valence-corrected chi connectivity index (χ1v) is 9.17. The van der Waals surface area contributed by atoms with Gasteiger partial charge in [-0.15, -0.1) is 0 Å². The van der Waals surface area contributed by atoms with Crippen LogP contribution in [-0.2, 0) is 0 Å². The van der Waals surface area contributed by atoms with E-state index < -0.39 is 0 Å². The molecule has 0 bridgehead atoms. The number of nitrogens with zero attached hydrogens (tertiary/aromatic N) is 1. The molecule has 6 heteroatoms. The first kappa shape index (κ1) is 20.1. The average molecular weight is 391 g/mol. The Labute approximate surface area is 171 Å². The summed E-state index contributed by atoms with van der Waals surface area (Å²) in [7, 11) is 7.13. The standard InChI is InChI=1S/C23H25N3O3/c1-26(2)20-11-9-18(10-12-20)24-17-5-7-19(8-6-17)25-23(27)16-13-21(28-3)15-22(14-16)29-4/h5-15,24H,1-4H3,(H,25,27). The van der Waals surface area contributed by atoms with E-state index >= 15 is 0 Å². The topological polar surface area (TPSA) is 62.8 Å². The Morgan fingerprint density at radius 3 is 1.72 bits per heavy atom. The number of nitrogens with one attached hydrogen (secondary N) is 2. The number of methoxy groups -OCH3 is 2. The quantitative estimate of drug-likeness (QED) is 0.608. The van der Waals surface area contributed by atoms with Crippen LogP contribution in [0.2, 0.25) is 0 Å². The number of anilines is 4. The highest BCUT2D eigenvalue weighted by Crippen LogP contribution is 2.24. The average Bonchev–Trinajstić information content (AvgIpc) is 2.75. The maximum atomic E-state index is 12.6. The Balaban J connectivity index is 1.66. The van der Waals surface area contributed by atoms with Gasteiger partial charge in [0.25, 0.3) is 5.91 Å². The van der Waals surface area contributed by atoms with Gasteiger partial charge in [0.2, 0.25) is 0 Å². The molecule has 1 amide bonds. The van der Waals surface area contributed by atoms with Crippen molar-refractivity contribution in [2.24, 2.45) is 0 Å². The minimum absolute atomic E-state index is 0.234. The summed E-state index contributed by atoms with van der Waals surface area (Å²) in [5.74, 6) is 0.894. The summed E-state index contributed by atoms with van der Waals surface area (Å²) in [5, 5.41) is 6.24. The molecular formula is C23H25N3O3. The zero-order chi connectivity index (χ0) is 20.8. The van der Waals surface area contributed by atoms with Crippen LogP contribution >= 0.6 is 0 Å². The van der Waals surface area contributed by atoms with Crippen LogP contribution < -0.4 is 25.0 Å². The van der Waals surface area contributed by atoms with E-state index in [1.807, 2.05) is 50.5 Å². The van der Waals surface area contributed by atoms with E-state index in [0.29, 0.717) is 22.7 Å². The van der Waals surface area contributed by atoms with E-state index in [2.05, 4.69) is 27.7 Å². The van der Waals surface area contributed by atoms with Crippen LogP contribution in [-0.4, -0.2) is 34.2 Å². The van der Waals surface area contributed by atoms with Gasteiger partial charge in [0.15, 0.2) is 0 Å². The van der Waals surface area contributed by atoms with Gasteiger partial charge >= 0.3 is 0 Å². The molecule has 0 aliphatic carbocycles. The van der Waals surface area contributed by atoms with E-state index in [1.165, 1.54) is 0 Å². The predicted octanol–water partition coefficient (Wildman–Crippen LogP) is 4.77. The molecule has 6 nitrogen and oxygen atoms in total. The molecular weight excluding hydrogens is 366 g/mol. The SMILES string of the molecule is COc1cc(OC)cc(C(=O)Nc2ccc(Nc3ccc(N(C)C)cc3)cc2)c1. The molecule has 0 spiro atoms. The number of carbonyl (C=O) groups is 1. The molecule has 150 valence electrons. The van der Waals surface area contributed by atoms with Gasteiger partial charge in [-0.3, -0.25) is 4.79 Å². The number of rotatable bonds is 7. The van der Waals surface area contributed by atoms with E-state index in [9.17, 15) is 4.79 Å². The summed E-state index contributed by atoms with van der Waals surface area (Å²) in [6, 6.07) is 20.8. The van der Waals surface area contributed by atoms with Crippen LogP contribution in [0.15, 0.2) is 66.7 Å². The number of hydrogen-bond donors (Lipinski definition) is 2. The Kier molecular flexibility index (Phi) is 6.24. The second-order valence-corrected chi connectivity index (χ2v) is 6.70. The first-order chi connectivity index (χ1) is 14.0. The van der Waals surface area contributed by atoms with Gasteiger partial charge in [-0.1, -0.05) is 0 Å². The van der Waals surface area contributed by atoms with Crippen LogP contribution in [0.25, 0.3) is 0 Å². The molecule has 0 atom stereocenters. The highest BCUT2D eigenvalue weighted by Gasteiger charge is 2.10. The van der Waals surface area contributed by atoms with Crippen molar-refractivity contribution in [2.75, 3.05) is 43.8 Å². The van der Waals surface area contributed by atoms with Crippen molar-refractivity contribution in [1.29, 1.82) is 0 Å². The van der Waals surface area contributed by atoms with E-state index in [1.54, 1.807) is 32.4 Å². The molecule has 3 aromatic carbocycles. The second-order valence-electron chi connectivity index (χ2n) is 6.70. The number of benzene rings is 3. The molecule has 3 aromatic rings. The zero-order valence-corrected chi connectivity index (χ0v) is 17.0. The van der Waals surface area contributed by atoms with Gasteiger partial charge in [-0.2, -0.15) is 0 Å². The van der Waals surface area contributed by atoms with Crippen molar-refractivity contribution in [3.8, 4) is 11.5 Å². The summed E-state index contributed by atoms with van der Waals surface area (Å²) in [4.78, 5) is 14.6. The lowest BCUT2D eigenvalue weighted by molar-refractivity contribution is 0.102. The fraction of sp³-hybridized carbons (Fsp3) is 0.174. The number of ether oxygens (including phenoxy) is 2. The lowest BCUT2D eigenvalue weighted by atomic mass is 10.1. The van der Waals surface area contributed by atoms with Crippen LogP contribution in [0.4, 0.5) is 22.7 Å². The lowest BCUT2D eigenvalue weighted by Gasteiger charge is -2.14. The Hall–Kier alpha value is -3.67. The lowest BCUT2D eigenvalue weighted by Crippen LogP contribution is -2.12. The van der Waals surface area contributed by atoms with Gasteiger partial charge in [-0.05, 0) is 60.7 Å². The maximum absolute atomic E-state index is 12.6. The molecule has 0 heterocycles. The molecule has 0 radical (unpaired) electrons. The van der Waals surface area contributed by atoms with Crippen LogP contribution in [0, 0.1) is 0 Å². The Morgan fingerprint density at radius 2 is 1.24 bits per heavy atom. The van der Waals surface area contributed by atoms with E-state index in [4.69, 9.17) is 9.47 Å². The summed E-state index contributed by atoms with van der Waals surface area (Å²) >= 11 is 0. The minimum atomic E-state index is -0.234. The highest BCUT2D eigenvalue weighted by molar-refractivity contribution is 6.04. The molecule has 3 rings (SSSR count). The second kappa shape index (κ2) is 9.01. The number of amides is 1. The summed E-state index contributed by atoms with van der Waals surface area (Å²) in [5.41, 5.74) is 4.23. The molecule has 0 aliphatic heterocycles. The summed E-state index contributed by atoms with van der Waals surface area (Å²) in [6.45, 7) is 0. The molecule has 29 heavy (non-hydrogen) atoms. The van der Waals surface area contributed by atoms with Gasteiger partial charge in [-0.25, -0.2) is 0 Å². The van der Waals surface area contributed by atoms with E-state index in [-0.39, 0.29) is 5.91 Å². The molecule has 0 saturated carbocycles. The minimum Gasteiger partial charge on any atom is -0.497 e. The van der Waals surface area contributed by atoms with Crippen LogP contribution in [0.5, 0.6) is 11.5 Å². The van der Waals surface area contributed by atoms with Crippen molar-refractivity contribution in [3.63, 3.8) is 0 Å². The molecule has 0 aromatic heterocycles.